The topological polar surface area (TPSA) is 140 Å². The van der Waals surface area contributed by atoms with Gasteiger partial charge in [-0.15, -0.1) is 5.10 Å². The van der Waals surface area contributed by atoms with Crippen LogP contribution in [0.5, 0.6) is 5.75 Å². The van der Waals surface area contributed by atoms with Gasteiger partial charge in [0, 0.05) is 13.2 Å². The first kappa shape index (κ1) is 23.2. The number of rotatable bonds is 8. The van der Waals surface area contributed by atoms with Gasteiger partial charge in [0.1, 0.15) is 29.5 Å². The zero-order chi connectivity index (χ0) is 24.5. The third-order valence-electron chi connectivity index (χ3n) is 5.38. The van der Waals surface area contributed by atoms with Gasteiger partial charge in [-0.05, 0) is 41.6 Å². The number of imidazole rings is 1. The molecule has 0 aliphatic rings. The summed E-state index contributed by atoms with van der Waals surface area (Å²) in [5.74, 6) is -1.91. The van der Waals surface area contributed by atoms with Crippen molar-refractivity contribution >= 4 is 11.6 Å². The maximum absolute atomic E-state index is 14.0. The van der Waals surface area contributed by atoms with Crippen molar-refractivity contribution in [1.29, 1.82) is 0 Å². The summed E-state index contributed by atoms with van der Waals surface area (Å²) in [6.07, 6.45) is 1.56. The standard InChI is InChI=1S/C21H21F2N7O4/c1-12-17(19(33)25-21(10-31,11-32)20-26-27-28-29(20)2)30-8-4-7-16(18(30)24-12)34-9-13-14(22)5-3-6-15(13)23/h3-8,31-32H,9-11H2,1-2H3,(H,25,33). The minimum atomic E-state index is -1.66. The number of tetrazole rings is 1. The smallest absolute Gasteiger partial charge is 0.271 e. The van der Waals surface area contributed by atoms with Crippen LogP contribution >= 0.6 is 0 Å². The summed E-state index contributed by atoms with van der Waals surface area (Å²) in [5.41, 5.74) is -1.26. The molecule has 0 radical (unpaired) electrons. The third kappa shape index (κ3) is 3.95. The molecule has 0 bridgehead atoms. The maximum Gasteiger partial charge on any atom is 0.271 e. The van der Waals surface area contributed by atoms with Gasteiger partial charge in [0.25, 0.3) is 5.91 Å². The lowest BCUT2D eigenvalue weighted by atomic mass is 10.0. The van der Waals surface area contributed by atoms with Gasteiger partial charge >= 0.3 is 0 Å². The fourth-order valence-corrected chi connectivity index (χ4v) is 3.60. The molecule has 178 valence electrons. The number of hydrogen-bond acceptors (Lipinski definition) is 8. The summed E-state index contributed by atoms with van der Waals surface area (Å²) >= 11 is 0. The normalized spacial score (nSPS) is 11.7. The number of aromatic nitrogens is 6. The minimum absolute atomic E-state index is 0.0493. The maximum atomic E-state index is 14.0. The van der Waals surface area contributed by atoms with Crippen LogP contribution in [0.15, 0.2) is 36.5 Å². The van der Waals surface area contributed by atoms with E-state index in [4.69, 9.17) is 4.74 Å². The Morgan fingerprint density at radius 3 is 2.50 bits per heavy atom. The Labute approximate surface area is 191 Å². The molecule has 0 atom stereocenters. The van der Waals surface area contributed by atoms with E-state index < -0.39 is 36.3 Å². The molecule has 0 unspecified atom stereocenters. The number of aryl methyl sites for hydroxylation is 2. The van der Waals surface area contributed by atoms with Crippen molar-refractivity contribution in [3.8, 4) is 5.75 Å². The number of hydrogen-bond donors (Lipinski definition) is 3. The Bertz CT molecular complexity index is 1330. The fraction of sp³-hybridized carbons (Fsp3) is 0.286. The van der Waals surface area contributed by atoms with Gasteiger partial charge in [-0.3, -0.25) is 9.20 Å². The predicted molar refractivity (Wildman–Crippen MR) is 113 cm³/mol. The first-order valence-electron chi connectivity index (χ1n) is 10.1. The van der Waals surface area contributed by atoms with Crippen molar-refractivity contribution < 1.29 is 28.5 Å². The molecule has 13 heteroatoms. The van der Waals surface area contributed by atoms with Crippen molar-refractivity contribution in [2.75, 3.05) is 13.2 Å². The average Bonchev–Trinajstić information content (AvgIpc) is 3.40. The molecule has 3 heterocycles. The van der Waals surface area contributed by atoms with E-state index in [0.717, 1.165) is 12.1 Å². The number of aliphatic hydroxyl groups is 2. The van der Waals surface area contributed by atoms with Crippen LogP contribution in [0.3, 0.4) is 0 Å². The summed E-state index contributed by atoms with van der Waals surface area (Å²) in [5, 5.41) is 33.5. The largest absolute Gasteiger partial charge is 0.485 e. The van der Waals surface area contributed by atoms with Gasteiger partial charge in [0.2, 0.25) is 0 Å². The van der Waals surface area contributed by atoms with Gasteiger partial charge in [0.05, 0.1) is 24.5 Å². The van der Waals surface area contributed by atoms with E-state index in [9.17, 15) is 23.8 Å². The number of pyridine rings is 1. The van der Waals surface area contributed by atoms with E-state index in [2.05, 4.69) is 25.8 Å². The highest BCUT2D eigenvalue weighted by molar-refractivity contribution is 5.95. The first-order valence-corrected chi connectivity index (χ1v) is 10.1. The molecule has 1 amide bonds. The summed E-state index contributed by atoms with van der Waals surface area (Å²) in [6, 6.07) is 6.65. The Hall–Kier alpha value is -3.97. The molecule has 0 aliphatic carbocycles. The number of carbonyl (C=O) groups excluding carboxylic acids is 1. The van der Waals surface area contributed by atoms with Gasteiger partial charge in [-0.25, -0.2) is 18.4 Å². The van der Waals surface area contributed by atoms with E-state index in [1.165, 1.54) is 22.2 Å². The van der Waals surface area contributed by atoms with Crippen LogP contribution in [0.1, 0.15) is 27.6 Å². The molecular weight excluding hydrogens is 452 g/mol. The van der Waals surface area contributed by atoms with Crippen LogP contribution in [-0.2, 0) is 19.2 Å². The van der Waals surface area contributed by atoms with Crippen LogP contribution < -0.4 is 10.1 Å². The summed E-state index contributed by atoms with van der Waals surface area (Å²) < 4.78 is 36.2. The highest BCUT2D eigenvalue weighted by Gasteiger charge is 2.39. The highest BCUT2D eigenvalue weighted by atomic mass is 19.1. The SMILES string of the molecule is Cc1nc2c(OCc3c(F)cccc3F)cccn2c1C(=O)NC(CO)(CO)c1nnnn1C. The Morgan fingerprint density at radius 2 is 1.88 bits per heavy atom. The van der Waals surface area contributed by atoms with Crippen molar-refractivity contribution in [3.63, 3.8) is 0 Å². The van der Waals surface area contributed by atoms with Crippen molar-refractivity contribution in [2.45, 2.75) is 19.1 Å². The molecule has 0 spiro atoms. The molecule has 0 saturated heterocycles. The van der Waals surface area contributed by atoms with Crippen molar-refractivity contribution in [2.24, 2.45) is 7.05 Å². The number of ether oxygens (including phenoxy) is 1. The zero-order valence-electron chi connectivity index (χ0n) is 18.2. The molecule has 4 rings (SSSR count). The fourth-order valence-electron chi connectivity index (χ4n) is 3.60. The number of benzene rings is 1. The Kier molecular flexibility index (Phi) is 6.22. The Morgan fingerprint density at radius 1 is 1.18 bits per heavy atom. The summed E-state index contributed by atoms with van der Waals surface area (Å²) in [6.45, 7) is -0.155. The second kappa shape index (κ2) is 9.11. The van der Waals surface area contributed by atoms with Gasteiger partial charge in [0.15, 0.2) is 17.2 Å². The molecule has 0 aliphatic heterocycles. The van der Waals surface area contributed by atoms with Crippen LogP contribution in [0.4, 0.5) is 8.78 Å². The quantitative estimate of drug-likeness (QED) is 0.339. The van der Waals surface area contributed by atoms with Crippen molar-refractivity contribution in [1.82, 2.24) is 34.9 Å². The van der Waals surface area contributed by atoms with E-state index in [-0.39, 0.29) is 35.1 Å². The zero-order valence-corrected chi connectivity index (χ0v) is 18.2. The van der Waals surface area contributed by atoms with E-state index in [0.29, 0.717) is 5.69 Å². The Balaban J connectivity index is 1.67. The number of halogens is 2. The molecular formula is C21H21F2N7O4. The lowest BCUT2D eigenvalue weighted by Crippen LogP contribution is -2.53. The highest BCUT2D eigenvalue weighted by Crippen LogP contribution is 2.25. The molecule has 3 aromatic heterocycles. The van der Waals surface area contributed by atoms with Gasteiger partial charge in [-0.1, -0.05) is 6.07 Å². The number of nitrogens with zero attached hydrogens (tertiary/aromatic N) is 6. The number of carbonyl (C=O) groups is 1. The van der Waals surface area contributed by atoms with Crippen LogP contribution in [-0.4, -0.2) is 58.9 Å². The second-order valence-electron chi connectivity index (χ2n) is 7.58. The summed E-state index contributed by atoms with van der Waals surface area (Å²) in [7, 11) is 1.50. The molecule has 11 nitrogen and oxygen atoms in total. The number of nitrogens with one attached hydrogen (secondary N) is 1. The van der Waals surface area contributed by atoms with E-state index >= 15 is 0 Å². The van der Waals surface area contributed by atoms with Crippen LogP contribution in [0, 0.1) is 18.6 Å². The molecule has 0 fully saturated rings. The summed E-state index contributed by atoms with van der Waals surface area (Å²) in [4.78, 5) is 17.6. The number of amides is 1. The molecule has 0 saturated carbocycles. The third-order valence-corrected chi connectivity index (χ3v) is 5.38. The lowest BCUT2D eigenvalue weighted by molar-refractivity contribution is 0.0606. The molecule has 3 N–H and O–H groups in total. The monoisotopic (exact) mass is 473 g/mol. The van der Waals surface area contributed by atoms with Gasteiger partial charge in [-0.2, -0.15) is 0 Å². The van der Waals surface area contributed by atoms with E-state index in [1.54, 1.807) is 25.3 Å². The number of aliphatic hydroxyl groups excluding tert-OH is 2. The van der Waals surface area contributed by atoms with Gasteiger partial charge < -0.3 is 20.3 Å². The predicted octanol–water partition coefficient (Wildman–Crippen LogP) is 0.633. The molecule has 34 heavy (non-hydrogen) atoms. The van der Waals surface area contributed by atoms with Crippen molar-refractivity contribution in [3.05, 3.63) is 70.9 Å². The number of fused-ring (bicyclic) bond motifs is 1. The second-order valence-corrected chi connectivity index (χ2v) is 7.58. The first-order chi connectivity index (χ1) is 16.3. The average molecular weight is 473 g/mol. The lowest BCUT2D eigenvalue weighted by Gasteiger charge is -2.29. The minimum Gasteiger partial charge on any atom is -0.485 e. The van der Waals surface area contributed by atoms with Crippen LogP contribution in [0.2, 0.25) is 0 Å². The molecule has 4 aromatic rings. The van der Waals surface area contributed by atoms with E-state index in [1.807, 2.05) is 0 Å². The van der Waals surface area contributed by atoms with Crippen LogP contribution in [0.25, 0.3) is 5.65 Å². The molecule has 1 aromatic carbocycles.